The average Bonchev–Trinajstić information content (AvgIpc) is 3.32. The minimum absolute atomic E-state index is 0.0229. The average molecular weight is 501 g/mol. The smallest absolute Gasteiger partial charge is 0.344 e. The monoisotopic (exact) mass is 500 g/mol. The Morgan fingerprint density at radius 2 is 1.36 bits per heavy atom. The summed E-state index contributed by atoms with van der Waals surface area (Å²) in [6, 6.07) is 0. The maximum Gasteiger partial charge on any atom is 0.344 e. The first kappa shape index (κ1) is 26.5. The van der Waals surface area contributed by atoms with E-state index < -0.39 is 5.41 Å². The molecular formula is C32H52O4. The highest BCUT2D eigenvalue weighted by Crippen LogP contribution is 2.67. The third kappa shape index (κ3) is 4.35. The third-order valence-corrected chi connectivity index (χ3v) is 11.8. The Morgan fingerprint density at radius 1 is 0.778 bits per heavy atom. The van der Waals surface area contributed by atoms with Crippen molar-refractivity contribution in [1.82, 2.24) is 0 Å². The van der Waals surface area contributed by atoms with Crippen LogP contribution in [0.3, 0.4) is 0 Å². The molecule has 0 spiro atoms. The molecule has 6 saturated carbocycles. The zero-order chi connectivity index (χ0) is 26.3. The number of carbonyl (C=O) groups is 2. The van der Waals surface area contributed by atoms with Crippen molar-refractivity contribution >= 4 is 11.9 Å². The van der Waals surface area contributed by atoms with Gasteiger partial charge in [-0.2, -0.15) is 0 Å². The summed E-state index contributed by atoms with van der Waals surface area (Å²) in [5.41, 5.74) is -1.28. The van der Waals surface area contributed by atoms with E-state index in [9.17, 15) is 9.59 Å². The summed E-state index contributed by atoms with van der Waals surface area (Å²) in [4.78, 5) is 27.0. The summed E-state index contributed by atoms with van der Waals surface area (Å²) in [6.07, 6.45) is 10.9. The second-order valence-electron chi connectivity index (χ2n) is 16.3. The number of ether oxygens (including phenoxy) is 2. The lowest BCUT2D eigenvalue weighted by molar-refractivity contribution is -0.238. The fraction of sp³-hybridized carbons (Fsp3) is 0.938. The second kappa shape index (κ2) is 8.73. The van der Waals surface area contributed by atoms with E-state index in [0.717, 1.165) is 23.7 Å². The number of esters is 2. The van der Waals surface area contributed by atoms with Crippen LogP contribution >= 0.6 is 0 Å². The van der Waals surface area contributed by atoms with Gasteiger partial charge in [-0.25, -0.2) is 4.79 Å². The van der Waals surface area contributed by atoms with Gasteiger partial charge in [-0.3, -0.25) is 4.79 Å². The Morgan fingerprint density at radius 3 is 1.81 bits per heavy atom. The molecule has 0 radical (unpaired) electrons. The molecule has 0 aromatic heterocycles. The minimum atomic E-state index is -0.674. The van der Waals surface area contributed by atoms with Crippen molar-refractivity contribution in [1.29, 1.82) is 0 Å². The van der Waals surface area contributed by atoms with Gasteiger partial charge in [0.25, 0.3) is 0 Å². The number of hydrogen-bond acceptors (Lipinski definition) is 4. The van der Waals surface area contributed by atoms with E-state index in [1.165, 1.54) is 51.4 Å². The van der Waals surface area contributed by atoms with Crippen LogP contribution in [0.4, 0.5) is 0 Å². The van der Waals surface area contributed by atoms with Gasteiger partial charge in [-0.05, 0) is 117 Å². The van der Waals surface area contributed by atoms with Crippen molar-refractivity contribution in [2.45, 2.75) is 119 Å². The van der Waals surface area contributed by atoms with Crippen LogP contribution in [0.15, 0.2) is 0 Å². The van der Waals surface area contributed by atoms with E-state index in [2.05, 4.69) is 48.5 Å². The SMILES string of the molecule is CC1CC2CC1CC2C1(OC(=O)COC(=O)C(C)(CC(C)(C)C)C(C)(C)C)C2CC3CC(C2)CC1C3. The summed E-state index contributed by atoms with van der Waals surface area (Å²) in [6.45, 7) is 16.9. The first-order valence-electron chi connectivity index (χ1n) is 15.0. The van der Waals surface area contributed by atoms with Crippen molar-refractivity contribution in [3.8, 4) is 0 Å². The summed E-state index contributed by atoms with van der Waals surface area (Å²) in [5.74, 6) is 4.93. The zero-order valence-electron chi connectivity index (χ0n) is 24.3. The van der Waals surface area contributed by atoms with Crippen molar-refractivity contribution in [2.24, 2.45) is 63.6 Å². The highest BCUT2D eigenvalue weighted by Gasteiger charge is 2.66. The molecule has 0 aromatic carbocycles. The first-order valence-corrected chi connectivity index (χ1v) is 15.0. The number of carbonyl (C=O) groups excluding carboxylic acids is 2. The van der Waals surface area contributed by atoms with Gasteiger partial charge in [0, 0.05) is 5.92 Å². The topological polar surface area (TPSA) is 52.6 Å². The fourth-order valence-corrected chi connectivity index (χ4v) is 10.1. The summed E-state index contributed by atoms with van der Waals surface area (Å²) in [7, 11) is 0. The molecule has 0 aromatic rings. The Hall–Kier alpha value is -1.06. The maximum absolute atomic E-state index is 13.5. The van der Waals surface area contributed by atoms with Crippen LogP contribution in [-0.2, 0) is 19.1 Å². The van der Waals surface area contributed by atoms with Gasteiger partial charge in [0.05, 0.1) is 5.41 Å². The van der Waals surface area contributed by atoms with Gasteiger partial charge in [-0.1, -0.05) is 48.5 Å². The molecule has 6 aliphatic carbocycles. The molecule has 0 heterocycles. The Bertz CT molecular complexity index is 846. The molecule has 0 amide bonds. The normalized spacial score (nSPS) is 42.9. The lowest BCUT2D eigenvalue weighted by Crippen LogP contribution is -2.64. The molecule has 204 valence electrons. The highest BCUT2D eigenvalue weighted by atomic mass is 16.6. The van der Waals surface area contributed by atoms with Crippen LogP contribution in [0, 0.1) is 63.6 Å². The minimum Gasteiger partial charge on any atom is -0.456 e. The molecule has 6 fully saturated rings. The molecule has 5 unspecified atom stereocenters. The molecule has 6 rings (SSSR count). The van der Waals surface area contributed by atoms with Gasteiger partial charge in [0.2, 0.25) is 0 Å². The predicted octanol–water partition coefficient (Wildman–Crippen LogP) is 7.44. The largest absolute Gasteiger partial charge is 0.456 e. The van der Waals surface area contributed by atoms with E-state index in [-0.39, 0.29) is 35.0 Å². The Balaban J connectivity index is 1.33. The lowest BCUT2D eigenvalue weighted by Gasteiger charge is -2.63. The van der Waals surface area contributed by atoms with Crippen LogP contribution in [0.25, 0.3) is 0 Å². The van der Waals surface area contributed by atoms with Crippen molar-refractivity contribution in [3.63, 3.8) is 0 Å². The molecule has 5 atom stereocenters. The highest BCUT2D eigenvalue weighted by molar-refractivity contribution is 5.81. The molecule has 6 aliphatic rings. The summed E-state index contributed by atoms with van der Waals surface area (Å²) in [5, 5.41) is 0. The van der Waals surface area contributed by atoms with E-state index in [1.54, 1.807) is 0 Å². The zero-order valence-corrected chi connectivity index (χ0v) is 24.3. The van der Waals surface area contributed by atoms with Crippen LogP contribution in [-0.4, -0.2) is 24.1 Å². The number of hydrogen-bond donors (Lipinski definition) is 0. The van der Waals surface area contributed by atoms with Crippen molar-refractivity contribution in [3.05, 3.63) is 0 Å². The van der Waals surface area contributed by atoms with Crippen LogP contribution < -0.4 is 0 Å². The van der Waals surface area contributed by atoms with E-state index in [4.69, 9.17) is 9.47 Å². The van der Waals surface area contributed by atoms with E-state index in [0.29, 0.717) is 30.1 Å². The van der Waals surface area contributed by atoms with E-state index in [1.807, 2.05) is 6.92 Å². The maximum atomic E-state index is 13.5. The molecule has 0 aliphatic heterocycles. The standard InChI is InChI=1S/C32H52O4/c1-19-9-23-15-22(19)16-26(23)32(24-11-20-10-21(13-24)14-25(32)12-20)36-27(33)17-35-28(34)31(8,30(5,6)7)18-29(2,3)4/h19-26H,9-18H2,1-8H3. The van der Waals surface area contributed by atoms with Gasteiger partial charge in [-0.15, -0.1) is 0 Å². The molecule has 0 saturated heterocycles. The van der Waals surface area contributed by atoms with Crippen LogP contribution in [0.5, 0.6) is 0 Å². The molecule has 4 heteroatoms. The number of rotatable bonds is 6. The van der Waals surface area contributed by atoms with Crippen molar-refractivity contribution < 1.29 is 19.1 Å². The lowest BCUT2D eigenvalue weighted by atomic mass is 9.46. The predicted molar refractivity (Wildman–Crippen MR) is 142 cm³/mol. The fourth-order valence-electron chi connectivity index (χ4n) is 10.1. The van der Waals surface area contributed by atoms with Gasteiger partial charge < -0.3 is 9.47 Å². The van der Waals surface area contributed by atoms with Gasteiger partial charge in [0.1, 0.15) is 5.60 Å². The molecule has 36 heavy (non-hydrogen) atoms. The molecule has 0 N–H and O–H groups in total. The van der Waals surface area contributed by atoms with E-state index >= 15 is 0 Å². The molecular weight excluding hydrogens is 448 g/mol. The Kier molecular flexibility index (Phi) is 6.44. The van der Waals surface area contributed by atoms with Crippen LogP contribution in [0.2, 0.25) is 0 Å². The molecule has 4 nitrogen and oxygen atoms in total. The van der Waals surface area contributed by atoms with Gasteiger partial charge >= 0.3 is 11.9 Å². The Labute approximate surface area is 220 Å². The second-order valence-corrected chi connectivity index (χ2v) is 16.3. The van der Waals surface area contributed by atoms with Gasteiger partial charge in [0.15, 0.2) is 6.61 Å². The summed E-state index contributed by atoms with van der Waals surface area (Å²) < 4.78 is 12.5. The number of fused-ring (bicyclic) bond motifs is 2. The summed E-state index contributed by atoms with van der Waals surface area (Å²) >= 11 is 0. The van der Waals surface area contributed by atoms with Crippen molar-refractivity contribution in [2.75, 3.05) is 6.61 Å². The third-order valence-electron chi connectivity index (χ3n) is 11.8. The quantitative estimate of drug-likeness (QED) is 0.356. The first-order chi connectivity index (χ1) is 16.6. The molecule has 6 bridgehead atoms. The van der Waals surface area contributed by atoms with Crippen LogP contribution in [0.1, 0.15) is 113 Å².